The lowest BCUT2D eigenvalue weighted by molar-refractivity contribution is -0.0554. The predicted molar refractivity (Wildman–Crippen MR) is 261 cm³/mol. The number of aliphatic imine (C=N–C) groups is 2. The highest BCUT2D eigenvalue weighted by molar-refractivity contribution is 6.03. The molecule has 65 heavy (non-hydrogen) atoms. The number of nitrogens with two attached hydrogens (primary N) is 2. The summed E-state index contributed by atoms with van der Waals surface area (Å²) < 4.78 is 11.1. The summed E-state index contributed by atoms with van der Waals surface area (Å²) in [6, 6.07) is 6.21. The second-order valence-corrected chi connectivity index (χ2v) is 21.0. The first-order chi connectivity index (χ1) is 31.5. The Bertz CT molecular complexity index is 1760. The molecular weight excluding hydrogens is 817 g/mol. The fraction of sp³-hybridized carbons (Fsp3) is 0.736. The van der Waals surface area contributed by atoms with Gasteiger partial charge in [0.15, 0.2) is 23.6 Å². The molecule has 7 rings (SSSR count). The third-order valence-corrected chi connectivity index (χ3v) is 15.9. The van der Waals surface area contributed by atoms with Crippen LogP contribution in [0.15, 0.2) is 51.6 Å². The Morgan fingerprint density at radius 3 is 2.66 bits per heavy atom. The van der Waals surface area contributed by atoms with Crippen LogP contribution in [0.25, 0.3) is 0 Å². The molecule has 4 fully saturated rings. The molecule has 0 radical (unpaired) electrons. The fourth-order valence-corrected chi connectivity index (χ4v) is 12.1. The number of hydrogen-bond acceptors (Lipinski definition) is 9. The molecule has 0 saturated heterocycles. The average molecular weight is 902 g/mol. The van der Waals surface area contributed by atoms with Gasteiger partial charge in [-0.15, -0.1) is 16.6 Å². The highest BCUT2D eigenvalue weighted by atomic mass is 16.5. The monoisotopic (exact) mass is 902 g/mol. The molecule has 12 heteroatoms. The number of hydrogen-bond donors (Lipinski definition) is 8. The van der Waals surface area contributed by atoms with E-state index in [1.807, 2.05) is 12.1 Å². The number of nitrogens with zero attached hydrogens (tertiary/aromatic N) is 2. The van der Waals surface area contributed by atoms with Crippen molar-refractivity contribution in [1.82, 2.24) is 10.6 Å². The normalized spacial score (nSPS) is 28.8. The van der Waals surface area contributed by atoms with Crippen LogP contribution in [0, 0.1) is 47.5 Å². The van der Waals surface area contributed by atoms with Crippen LogP contribution in [0.2, 0.25) is 0 Å². The molecule has 11 N–H and O–H groups in total. The lowest BCUT2D eigenvalue weighted by Crippen LogP contribution is -2.41. The molecule has 12 nitrogen and oxygen atoms in total. The van der Waals surface area contributed by atoms with E-state index in [1.54, 1.807) is 13.0 Å². The molecule has 2 heterocycles. The van der Waals surface area contributed by atoms with Gasteiger partial charge in [-0.1, -0.05) is 57.9 Å². The zero-order valence-corrected chi connectivity index (χ0v) is 39.8. The number of aryl methyl sites for hydroxylation is 1. The van der Waals surface area contributed by atoms with Crippen LogP contribution in [0.3, 0.4) is 0 Å². The summed E-state index contributed by atoms with van der Waals surface area (Å²) >= 11 is 0. The second kappa shape index (κ2) is 24.7. The van der Waals surface area contributed by atoms with Crippen LogP contribution >= 0.6 is 0 Å². The Morgan fingerprint density at radius 1 is 1.02 bits per heavy atom. The molecule has 0 bridgehead atoms. The molecule has 1 aromatic carbocycles. The Balaban J connectivity index is 0.827. The van der Waals surface area contributed by atoms with E-state index in [9.17, 15) is 20.4 Å². The number of allylic oxidation sites excluding steroid dienone is 1. The summed E-state index contributed by atoms with van der Waals surface area (Å²) in [6.45, 7) is 6.26. The van der Waals surface area contributed by atoms with E-state index in [-0.39, 0.29) is 25.1 Å². The SMILES string of the molecule is CC(O)CNCC1[C+]2C=C(C(O)COc3cc(CC[C-]4C=C(CO)C(CCCCC5CC(N)CCC5CCC(C)CN=C(N)NC5CCCCC5)[OH+]4)ccc3O)N=C2CCC2CCCC21. The fourth-order valence-electron chi connectivity index (χ4n) is 12.1. The van der Waals surface area contributed by atoms with Gasteiger partial charge >= 0.3 is 0 Å². The summed E-state index contributed by atoms with van der Waals surface area (Å²) in [6.07, 6.45) is 27.6. The Morgan fingerprint density at radius 2 is 1.85 bits per heavy atom. The first-order valence-corrected chi connectivity index (χ1v) is 25.9. The highest BCUT2D eigenvalue weighted by Crippen LogP contribution is 2.48. The molecule has 0 aromatic heterocycles. The lowest BCUT2D eigenvalue weighted by Gasteiger charge is -2.35. The van der Waals surface area contributed by atoms with Crippen LogP contribution in [0.5, 0.6) is 11.5 Å². The van der Waals surface area contributed by atoms with Crippen molar-refractivity contribution in [1.29, 1.82) is 0 Å². The quantitative estimate of drug-likeness (QED) is 0.0185. The summed E-state index contributed by atoms with van der Waals surface area (Å²) in [5.41, 5.74) is 16.5. The standard InChI is InChI=1S/C53H84N6O6/c1-34(29-57-53(55)58-42-11-4-3-5-12-42)15-18-37-19-21-41(54)26-39(37)9-6-7-14-51-40(32-60)27-43(65-51)22-16-36-17-24-49(62)52(25-36)64-33-50(63)48-28-45-46(31-56-30-35(2)61)44-13-8-10-38(44)20-23-47(45)59-48/h17,24-25,27-28,34-35,37-39,41-42,44,46,50-51,56,60-61,63,65H,3-16,18-23,26,29-33,54H2,1-2H3,(H3-,55,57,58,62)/p+1. The van der Waals surface area contributed by atoms with Crippen molar-refractivity contribution >= 4 is 11.7 Å². The largest absolute Gasteiger partial charge is 0.504 e. The molecule has 4 saturated carbocycles. The number of ether oxygens (including phenoxy) is 2. The number of unbranched alkanes of at least 4 members (excludes halogenated alkanes) is 1. The van der Waals surface area contributed by atoms with E-state index in [0.717, 1.165) is 93.3 Å². The molecule has 1 aromatic rings. The van der Waals surface area contributed by atoms with E-state index in [1.165, 1.54) is 83.0 Å². The maximum absolute atomic E-state index is 11.3. The minimum absolute atomic E-state index is 0.0157. The number of aromatic hydroxyl groups is 1. The van der Waals surface area contributed by atoms with Crippen molar-refractivity contribution < 1.29 is 29.9 Å². The van der Waals surface area contributed by atoms with Gasteiger partial charge in [0.1, 0.15) is 30.4 Å². The predicted octanol–water partition coefficient (Wildman–Crippen LogP) is 7.09. The topological polar surface area (TPSA) is 204 Å². The molecule has 362 valence electrons. The van der Waals surface area contributed by atoms with Crippen LogP contribution < -0.4 is 26.8 Å². The van der Waals surface area contributed by atoms with E-state index < -0.39 is 12.2 Å². The number of phenolic OH excluding ortho intramolecular Hbond substituents is 1. The number of aliphatic hydroxyl groups excluding tert-OH is 3. The molecule has 10 atom stereocenters. The minimum atomic E-state index is -0.929. The number of nitrogens with one attached hydrogen (secondary N) is 2. The van der Waals surface area contributed by atoms with Crippen molar-refractivity contribution in [2.45, 2.75) is 179 Å². The summed E-state index contributed by atoms with van der Waals surface area (Å²) in [4.78, 5) is 9.65. The van der Waals surface area contributed by atoms with Gasteiger partial charge in [0, 0.05) is 51.2 Å². The van der Waals surface area contributed by atoms with Gasteiger partial charge in [-0.05, 0) is 131 Å². The van der Waals surface area contributed by atoms with Crippen molar-refractivity contribution in [3.63, 3.8) is 0 Å². The number of guanidine groups is 1. The number of phenols is 1. The van der Waals surface area contributed by atoms with Crippen molar-refractivity contribution in [2.75, 3.05) is 32.8 Å². The molecule has 2 aliphatic heterocycles. The van der Waals surface area contributed by atoms with Gasteiger partial charge in [0.2, 0.25) is 5.70 Å². The molecule has 0 spiro atoms. The Kier molecular flexibility index (Phi) is 18.8. The first kappa shape index (κ1) is 49.6. The zero-order chi connectivity index (χ0) is 45.7. The van der Waals surface area contributed by atoms with Crippen molar-refractivity contribution in [3.05, 3.63) is 59.2 Å². The lowest BCUT2D eigenvalue weighted by atomic mass is 9.72. The minimum Gasteiger partial charge on any atom is -0.504 e. The van der Waals surface area contributed by atoms with Gasteiger partial charge in [-0.25, -0.2) is 0 Å². The smallest absolute Gasteiger partial charge is 0.208 e. The van der Waals surface area contributed by atoms with Crippen molar-refractivity contribution in [3.8, 4) is 11.5 Å². The van der Waals surface area contributed by atoms with Crippen molar-refractivity contribution in [2.24, 2.45) is 57.0 Å². The van der Waals surface area contributed by atoms with Gasteiger partial charge in [-0.3, -0.25) is 4.99 Å². The molecule has 6 aliphatic rings. The number of fused-ring (bicyclic) bond motifs is 2. The maximum Gasteiger partial charge on any atom is 0.208 e. The first-order valence-electron chi connectivity index (χ1n) is 25.9. The van der Waals surface area contributed by atoms with E-state index >= 15 is 0 Å². The van der Waals surface area contributed by atoms with Crippen LogP contribution in [0.4, 0.5) is 0 Å². The van der Waals surface area contributed by atoms with Gasteiger partial charge in [0.25, 0.3) is 0 Å². The molecule has 0 amide bonds. The number of rotatable bonds is 23. The third-order valence-electron chi connectivity index (χ3n) is 15.9. The van der Waals surface area contributed by atoms with Crippen LogP contribution in [0.1, 0.15) is 148 Å². The molecule has 4 aliphatic carbocycles. The maximum atomic E-state index is 11.3. The summed E-state index contributed by atoms with van der Waals surface area (Å²) in [7, 11) is 0. The average Bonchev–Trinajstić information content (AvgIpc) is 4.04. The molecule has 10 unspecified atom stereocenters. The third kappa shape index (κ3) is 14.4. The number of benzene rings is 1. The van der Waals surface area contributed by atoms with Gasteiger partial charge in [-0.2, -0.15) is 0 Å². The zero-order valence-electron chi connectivity index (χ0n) is 39.8. The van der Waals surface area contributed by atoms with Crippen LogP contribution in [-0.4, -0.2) is 100 Å². The summed E-state index contributed by atoms with van der Waals surface area (Å²) in [5.74, 6) is 5.72. The van der Waals surface area contributed by atoms with Gasteiger partial charge in [0.05, 0.1) is 18.1 Å². The number of aliphatic hydroxyl groups is 5. The Labute approximate surface area is 390 Å². The van der Waals surface area contributed by atoms with E-state index in [0.29, 0.717) is 72.0 Å². The van der Waals surface area contributed by atoms with E-state index in [2.05, 4.69) is 29.7 Å². The van der Waals surface area contributed by atoms with Crippen LogP contribution in [-0.2, 0) is 6.42 Å². The summed E-state index contributed by atoms with van der Waals surface area (Å²) in [5, 5.41) is 49.1. The second-order valence-electron chi connectivity index (χ2n) is 21.0. The molecular formula is C53H85N6O6+. The van der Waals surface area contributed by atoms with E-state index in [4.69, 9.17) is 30.9 Å². The van der Waals surface area contributed by atoms with Gasteiger partial charge < -0.3 is 52.0 Å². The highest BCUT2D eigenvalue weighted by Gasteiger charge is 2.49. The Hall–Kier alpha value is -3.26.